The molecule has 2 rings (SSSR count). The van der Waals surface area contributed by atoms with Crippen LogP contribution < -0.4 is 5.73 Å². The molecule has 0 amide bonds. The predicted molar refractivity (Wildman–Crippen MR) is 51.0 cm³/mol. The van der Waals surface area contributed by atoms with Crippen molar-refractivity contribution in [3.63, 3.8) is 0 Å². The van der Waals surface area contributed by atoms with Gasteiger partial charge in [0.2, 0.25) is 0 Å². The van der Waals surface area contributed by atoms with Crippen molar-refractivity contribution in [3.05, 3.63) is 0 Å². The molecule has 1 aliphatic carbocycles. The van der Waals surface area contributed by atoms with Gasteiger partial charge in [-0.25, -0.2) is 0 Å². The molecule has 1 heterocycles. The van der Waals surface area contributed by atoms with Gasteiger partial charge in [-0.1, -0.05) is 0 Å². The Hall–Kier alpha value is -0.0800. The summed E-state index contributed by atoms with van der Waals surface area (Å²) < 4.78 is 0. The van der Waals surface area contributed by atoms with Gasteiger partial charge in [-0.2, -0.15) is 0 Å². The van der Waals surface area contributed by atoms with Crippen molar-refractivity contribution in [2.75, 3.05) is 13.1 Å². The van der Waals surface area contributed by atoms with Crippen LogP contribution >= 0.6 is 0 Å². The van der Waals surface area contributed by atoms with Crippen LogP contribution in [0.5, 0.6) is 0 Å². The van der Waals surface area contributed by atoms with E-state index < -0.39 is 0 Å². The normalized spacial score (nSPS) is 38.8. The average Bonchev–Trinajstić information content (AvgIpc) is 2.58. The summed E-state index contributed by atoms with van der Waals surface area (Å²) in [5, 5.41) is 0. The molecule has 0 atom stereocenters. The number of rotatable bonds is 1. The van der Waals surface area contributed by atoms with E-state index in [9.17, 15) is 0 Å². The van der Waals surface area contributed by atoms with E-state index in [0.717, 1.165) is 6.04 Å². The van der Waals surface area contributed by atoms with Crippen LogP contribution in [-0.2, 0) is 0 Å². The van der Waals surface area contributed by atoms with E-state index in [1.807, 2.05) is 0 Å². The molecule has 1 aliphatic heterocycles. The molecule has 0 bridgehead atoms. The molecule has 0 aromatic rings. The maximum atomic E-state index is 5.88. The largest absolute Gasteiger partial charge is 0.328 e. The average molecular weight is 168 g/mol. The number of likely N-dealkylation sites (tertiary alicyclic amines) is 1. The molecule has 2 N–H and O–H groups in total. The predicted octanol–water partition coefficient (Wildman–Crippen LogP) is 1.35. The molecule has 2 aliphatic rings. The first-order valence-corrected chi connectivity index (χ1v) is 5.36. The van der Waals surface area contributed by atoms with E-state index in [1.165, 1.54) is 51.6 Å². The van der Waals surface area contributed by atoms with E-state index in [-0.39, 0.29) is 0 Å². The molecule has 1 saturated heterocycles. The van der Waals surface area contributed by atoms with E-state index in [1.54, 1.807) is 0 Å². The minimum atomic E-state index is 0.504. The molecule has 0 radical (unpaired) electrons. The SMILES string of the molecule is N[C@H]1CC[C@H](N2CCCC2)CC1. The lowest BCUT2D eigenvalue weighted by Crippen LogP contribution is -2.39. The maximum absolute atomic E-state index is 5.88. The zero-order valence-corrected chi connectivity index (χ0v) is 7.84. The van der Waals surface area contributed by atoms with Crippen LogP contribution in [0.2, 0.25) is 0 Å². The van der Waals surface area contributed by atoms with Gasteiger partial charge in [0.05, 0.1) is 0 Å². The van der Waals surface area contributed by atoms with Crippen molar-refractivity contribution in [2.45, 2.75) is 50.6 Å². The molecule has 2 fully saturated rings. The fourth-order valence-corrected chi connectivity index (χ4v) is 2.57. The quantitative estimate of drug-likeness (QED) is 0.640. The van der Waals surface area contributed by atoms with Gasteiger partial charge in [0, 0.05) is 12.1 Å². The van der Waals surface area contributed by atoms with Crippen molar-refractivity contribution in [1.29, 1.82) is 0 Å². The van der Waals surface area contributed by atoms with Crippen LogP contribution in [0, 0.1) is 0 Å². The number of hydrogen-bond acceptors (Lipinski definition) is 2. The summed E-state index contributed by atoms with van der Waals surface area (Å²) in [6.07, 6.45) is 8.04. The van der Waals surface area contributed by atoms with Crippen molar-refractivity contribution in [2.24, 2.45) is 5.73 Å². The van der Waals surface area contributed by atoms with Gasteiger partial charge in [-0.3, -0.25) is 0 Å². The highest BCUT2D eigenvalue weighted by Gasteiger charge is 2.25. The van der Waals surface area contributed by atoms with Gasteiger partial charge in [0.15, 0.2) is 0 Å². The summed E-state index contributed by atoms with van der Waals surface area (Å²) >= 11 is 0. The smallest absolute Gasteiger partial charge is 0.00964 e. The van der Waals surface area contributed by atoms with E-state index >= 15 is 0 Å². The van der Waals surface area contributed by atoms with Crippen LogP contribution in [0.1, 0.15) is 38.5 Å². The Bertz CT molecular complexity index is 133. The highest BCUT2D eigenvalue weighted by atomic mass is 15.2. The monoisotopic (exact) mass is 168 g/mol. The third-order valence-electron chi connectivity index (χ3n) is 3.40. The molecule has 2 heteroatoms. The first kappa shape index (κ1) is 8.52. The van der Waals surface area contributed by atoms with Gasteiger partial charge in [0.1, 0.15) is 0 Å². The minimum absolute atomic E-state index is 0.504. The summed E-state index contributed by atoms with van der Waals surface area (Å²) in [5.74, 6) is 0. The fourth-order valence-electron chi connectivity index (χ4n) is 2.57. The zero-order valence-electron chi connectivity index (χ0n) is 7.84. The van der Waals surface area contributed by atoms with Gasteiger partial charge < -0.3 is 10.6 Å². The number of nitrogens with zero attached hydrogens (tertiary/aromatic N) is 1. The standard InChI is InChI=1S/C10H20N2/c11-9-3-5-10(6-4-9)12-7-1-2-8-12/h9-10H,1-8,11H2/t9-,10-. The molecule has 1 saturated carbocycles. The molecule has 0 aromatic carbocycles. The van der Waals surface area contributed by atoms with E-state index in [0.29, 0.717) is 6.04 Å². The Labute approximate surface area is 75.1 Å². The molecular formula is C10H20N2. The Balaban J connectivity index is 1.80. The maximum Gasteiger partial charge on any atom is 0.00964 e. The second-order valence-electron chi connectivity index (χ2n) is 4.31. The molecule has 70 valence electrons. The lowest BCUT2D eigenvalue weighted by Gasteiger charge is -2.33. The van der Waals surface area contributed by atoms with Crippen LogP contribution in [-0.4, -0.2) is 30.1 Å². The molecule has 2 nitrogen and oxygen atoms in total. The molecule has 0 unspecified atom stereocenters. The zero-order chi connectivity index (χ0) is 8.39. The Morgan fingerprint density at radius 3 is 2.08 bits per heavy atom. The van der Waals surface area contributed by atoms with Crippen molar-refractivity contribution < 1.29 is 0 Å². The van der Waals surface area contributed by atoms with Crippen molar-refractivity contribution in [1.82, 2.24) is 4.90 Å². The Kier molecular flexibility index (Phi) is 2.66. The first-order valence-electron chi connectivity index (χ1n) is 5.36. The van der Waals surface area contributed by atoms with Crippen molar-refractivity contribution >= 4 is 0 Å². The second-order valence-corrected chi connectivity index (χ2v) is 4.31. The van der Waals surface area contributed by atoms with Crippen LogP contribution in [0.4, 0.5) is 0 Å². The molecule has 0 spiro atoms. The third-order valence-corrected chi connectivity index (χ3v) is 3.40. The Morgan fingerprint density at radius 1 is 0.917 bits per heavy atom. The highest BCUT2D eigenvalue weighted by molar-refractivity contribution is 4.83. The van der Waals surface area contributed by atoms with Crippen LogP contribution in [0.15, 0.2) is 0 Å². The Morgan fingerprint density at radius 2 is 1.50 bits per heavy atom. The van der Waals surface area contributed by atoms with Crippen LogP contribution in [0.25, 0.3) is 0 Å². The summed E-state index contributed by atoms with van der Waals surface area (Å²) in [6.45, 7) is 2.69. The van der Waals surface area contributed by atoms with Crippen molar-refractivity contribution in [3.8, 4) is 0 Å². The molecular weight excluding hydrogens is 148 g/mol. The van der Waals surface area contributed by atoms with Gasteiger partial charge in [-0.15, -0.1) is 0 Å². The first-order chi connectivity index (χ1) is 5.86. The van der Waals surface area contributed by atoms with E-state index in [4.69, 9.17) is 5.73 Å². The van der Waals surface area contributed by atoms with Gasteiger partial charge in [0.25, 0.3) is 0 Å². The topological polar surface area (TPSA) is 29.3 Å². The third kappa shape index (κ3) is 1.80. The summed E-state index contributed by atoms with van der Waals surface area (Å²) in [6, 6.07) is 1.39. The lowest BCUT2D eigenvalue weighted by atomic mass is 9.91. The molecule has 0 aromatic heterocycles. The van der Waals surface area contributed by atoms with Crippen LogP contribution in [0.3, 0.4) is 0 Å². The number of hydrogen-bond donors (Lipinski definition) is 1. The summed E-state index contributed by atoms with van der Waals surface area (Å²) in [5.41, 5.74) is 5.88. The van der Waals surface area contributed by atoms with E-state index in [2.05, 4.69) is 4.90 Å². The minimum Gasteiger partial charge on any atom is -0.328 e. The summed E-state index contributed by atoms with van der Waals surface area (Å²) in [4.78, 5) is 2.67. The molecule has 12 heavy (non-hydrogen) atoms. The number of nitrogens with two attached hydrogens (primary N) is 1. The highest BCUT2D eigenvalue weighted by Crippen LogP contribution is 2.24. The summed E-state index contributed by atoms with van der Waals surface area (Å²) in [7, 11) is 0. The van der Waals surface area contributed by atoms with Gasteiger partial charge >= 0.3 is 0 Å². The lowest BCUT2D eigenvalue weighted by molar-refractivity contribution is 0.182. The second kappa shape index (κ2) is 3.75. The van der Waals surface area contributed by atoms with Gasteiger partial charge in [-0.05, 0) is 51.6 Å². The fraction of sp³-hybridized carbons (Fsp3) is 1.00.